The van der Waals surface area contributed by atoms with Crippen molar-refractivity contribution >= 4 is 5.82 Å². The summed E-state index contributed by atoms with van der Waals surface area (Å²) in [4.78, 5) is 11.8. The first kappa shape index (κ1) is 18.2. The molecule has 0 radical (unpaired) electrons. The lowest BCUT2D eigenvalue weighted by Crippen LogP contribution is -2.25. The van der Waals surface area contributed by atoms with Gasteiger partial charge in [0.1, 0.15) is 11.4 Å². The molecule has 5 nitrogen and oxygen atoms in total. The fourth-order valence-electron chi connectivity index (χ4n) is 4.89. The number of hydrogen-bond donors (Lipinski definition) is 0. The molecule has 2 aromatic heterocycles. The third-order valence-corrected chi connectivity index (χ3v) is 6.45. The highest BCUT2D eigenvalue weighted by Gasteiger charge is 2.32. The zero-order valence-electron chi connectivity index (χ0n) is 16.7. The van der Waals surface area contributed by atoms with Crippen molar-refractivity contribution < 1.29 is 0 Å². The average molecular weight is 386 g/mol. The molecule has 29 heavy (non-hydrogen) atoms. The van der Waals surface area contributed by atoms with Gasteiger partial charge >= 0.3 is 0 Å². The highest BCUT2D eigenvalue weighted by molar-refractivity contribution is 5.73. The van der Waals surface area contributed by atoms with Crippen LogP contribution in [0.15, 0.2) is 54.7 Å². The van der Waals surface area contributed by atoms with E-state index >= 15 is 0 Å². The van der Waals surface area contributed by atoms with E-state index in [0.29, 0.717) is 5.82 Å². The van der Waals surface area contributed by atoms with Crippen LogP contribution in [-0.2, 0) is 0 Å². The summed E-state index contributed by atoms with van der Waals surface area (Å²) in [6.45, 7) is 2.12. The quantitative estimate of drug-likeness (QED) is 0.632. The van der Waals surface area contributed by atoms with Gasteiger partial charge in [-0.05, 0) is 30.4 Å². The molecule has 0 amide bonds. The number of pyridine rings is 1. The average Bonchev–Trinajstić information content (AvgIpc) is 3.31. The SMILES string of the molecule is c1ccc(-c2nnc(-c3ccccn3)nc2N2CCC(C3CCCCC3)C2)cc1. The minimum absolute atomic E-state index is 0.599. The van der Waals surface area contributed by atoms with Crippen LogP contribution in [0.3, 0.4) is 0 Å². The smallest absolute Gasteiger partial charge is 0.202 e. The van der Waals surface area contributed by atoms with Crippen LogP contribution < -0.4 is 4.90 Å². The molecule has 0 N–H and O–H groups in total. The second-order valence-electron chi connectivity index (χ2n) is 8.28. The zero-order valence-corrected chi connectivity index (χ0v) is 16.7. The fraction of sp³-hybridized carbons (Fsp3) is 0.417. The van der Waals surface area contributed by atoms with Gasteiger partial charge in [0, 0.05) is 24.8 Å². The molecule has 5 rings (SSSR count). The topological polar surface area (TPSA) is 54.8 Å². The van der Waals surface area contributed by atoms with Crippen molar-refractivity contribution in [2.24, 2.45) is 11.8 Å². The number of nitrogens with zero attached hydrogens (tertiary/aromatic N) is 5. The number of rotatable bonds is 4. The van der Waals surface area contributed by atoms with E-state index in [0.717, 1.165) is 47.7 Å². The highest BCUT2D eigenvalue weighted by atomic mass is 15.3. The summed E-state index contributed by atoms with van der Waals surface area (Å²) < 4.78 is 0. The molecule has 1 aliphatic carbocycles. The van der Waals surface area contributed by atoms with Gasteiger partial charge in [0.05, 0.1) is 0 Å². The standard InChI is InChI=1S/C24H27N5/c1-3-9-18(10-4-1)20-14-16-29(17-20)24-22(19-11-5-2-6-12-19)27-28-23(26-24)21-13-7-8-15-25-21/h2,5-8,11-13,15,18,20H,1,3-4,9-10,14,16-17H2. The minimum atomic E-state index is 0.599. The first-order valence-electron chi connectivity index (χ1n) is 10.8. The van der Waals surface area contributed by atoms with Gasteiger partial charge in [-0.2, -0.15) is 0 Å². The van der Waals surface area contributed by atoms with E-state index in [1.165, 1.54) is 38.5 Å². The molecule has 1 aromatic carbocycles. The Kier molecular flexibility index (Phi) is 5.20. The van der Waals surface area contributed by atoms with Crippen LogP contribution in [0.25, 0.3) is 22.8 Å². The summed E-state index contributed by atoms with van der Waals surface area (Å²) in [6, 6.07) is 16.1. The molecule has 2 fully saturated rings. The summed E-state index contributed by atoms with van der Waals surface area (Å²) in [6.07, 6.45) is 10.0. The Morgan fingerprint density at radius 1 is 0.793 bits per heavy atom. The van der Waals surface area contributed by atoms with Crippen LogP contribution in [0.5, 0.6) is 0 Å². The first-order chi connectivity index (χ1) is 14.4. The monoisotopic (exact) mass is 385 g/mol. The van der Waals surface area contributed by atoms with Crippen molar-refractivity contribution in [2.45, 2.75) is 38.5 Å². The Bertz CT molecular complexity index is 938. The Morgan fingerprint density at radius 2 is 1.62 bits per heavy atom. The normalized spacial score (nSPS) is 20.1. The second-order valence-corrected chi connectivity index (χ2v) is 8.28. The van der Waals surface area contributed by atoms with E-state index in [2.05, 4.69) is 32.2 Å². The Balaban J connectivity index is 1.49. The van der Waals surface area contributed by atoms with E-state index < -0.39 is 0 Å². The summed E-state index contributed by atoms with van der Waals surface area (Å²) in [5.74, 6) is 3.19. The number of benzene rings is 1. The number of anilines is 1. The summed E-state index contributed by atoms with van der Waals surface area (Å²) in [5, 5.41) is 9.03. The van der Waals surface area contributed by atoms with Crippen LogP contribution in [0, 0.1) is 11.8 Å². The van der Waals surface area contributed by atoms with Crippen LogP contribution in [0.4, 0.5) is 5.82 Å². The van der Waals surface area contributed by atoms with Gasteiger partial charge < -0.3 is 4.90 Å². The Labute approximate surface area is 172 Å². The molecule has 3 aromatic rings. The summed E-state index contributed by atoms with van der Waals surface area (Å²) in [5.41, 5.74) is 2.70. The van der Waals surface area contributed by atoms with Gasteiger partial charge in [0.2, 0.25) is 5.82 Å². The molecule has 0 spiro atoms. The van der Waals surface area contributed by atoms with Gasteiger partial charge in [-0.1, -0.05) is 68.5 Å². The van der Waals surface area contributed by atoms with Gasteiger partial charge in [-0.3, -0.25) is 4.98 Å². The first-order valence-corrected chi connectivity index (χ1v) is 10.8. The van der Waals surface area contributed by atoms with Crippen LogP contribution in [-0.4, -0.2) is 33.3 Å². The van der Waals surface area contributed by atoms with E-state index in [-0.39, 0.29) is 0 Å². The minimum Gasteiger partial charge on any atom is -0.354 e. The van der Waals surface area contributed by atoms with Gasteiger partial charge in [-0.15, -0.1) is 10.2 Å². The largest absolute Gasteiger partial charge is 0.354 e. The molecule has 1 aliphatic heterocycles. The molecule has 3 heterocycles. The van der Waals surface area contributed by atoms with Crippen LogP contribution in [0.2, 0.25) is 0 Å². The molecule has 2 aliphatic rings. The zero-order chi connectivity index (χ0) is 19.5. The van der Waals surface area contributed by atoms with Crippen molar-refractivity contribution in [2.75, 3.05) is 18.0 Å². The van der Waals surface area contributed by atoms with Gasteiger partial charge in [0.25, 0.3) is 0 Å². The van der Waals surface area contributed by atoms with E-state index in [1.807, 2.05) is 36.4 Å². The summed E-state index contributed by atoms with van der Waals surface area (Å²) >= 11 is 0. The Morgan fingerprint density at radius 3 is 2.41 bits per heavy atom. The van der Waals surface area contributed by atoms with Gasteiger partial charge in [-0.25, -0.2) is 4.98 Å². The van der Waals surface area contributed by atoms with E-state index in [1.54, 1.807) is 6.20 Å². The lowest BCUT2D eigenvalue weighted by molar-refractivity contribution is 0.264. The highest BCUT2D eigenvalue weighted by Crippen LogP contribution is 2.38. The lowest BCUT2D eigenvalue weighted by Gasteiger charge is -2.28. The molecular weight excluding hydrogens is 358 g/mol. The molecule has 1 atom stereocenters. The molecule has 1 saturated heterocycles. The predicted molar refractivity (Wildman–Crippen MR) is 115 cm³/mol. The van der Waals surface area contributed by atoms with E-state index in [9.17, 15) is 0 Å². The molecule has 5 heteroatoms. The molecule has 148 valence electrons. The molecular formula is C24H27N5. The van der Waals surface area contributed by atoms with Crippen LogP contribution >= 0.6 is 0 Å². The van der Waals surface area contributed by atoms with E-state index in [4.69, 9.17) is 4.98 Å². The van der Waals surface area contributed by atoms with Gasteiger partial charge in [0.15, 0.2) is 5.82 Å². The molecule has 1 unspecified atom stereocenters. The maximum absolute atomic E-state index is 4.97. The predicted octanol–water partition coefficient (Wildman–Crippen LogP) is 5.01. The van der Waals surface area contributed by atoms with Crippen LogP contribution in [0.1, 0.15) is 38.5 Å². The maximum Gasteiger partial charge on any atom is 0.202 e. The summed E-state index contributed by atoms with van der Waals surface area (Å²) in [7, 11) is 0. The van der Waals surface area contributed by atoms with Crippen molar-refractivity contribution in [3.8, 4) is 22.8 Å². The Hall–Kier alpha value is -2.82. The van der Waals surface area contributed by atoms with Crippen molar-refractivity contribution in [3.63, 3.8) is 0 Å². The number of hydrogen-bond acceptors (Lipinski definition) is 5. The lowest BCUT2D eigenvalue weighted by atomic mass is 9.80. The fourth-order valence-corrected chi connectivity index (χ4v) is 4.89. The third kappa shape index (κ3) is 3.86. The number of aromatic nitrogens is 4. The third-order valence-electron chi connectivity index (χ3n) is 6.45. The second kappa shape index (κ2) is 8.27. The molecule has 0 bridgehead atoms. The van der Waals surface area contributed by atoms with Crippen molar-refractivity contribution in [1.29, 1.82) is 0 Å². The van der Waals surface area contributed by atoms with Crippen molar-refractivity contribution in [1.82, 2.24) is 20.2 Å². The van der Waals surface area contributed by atoms with Crippen molar-refractivity contribution in [3.05, 3.63) is 54.7 Å². The maximum atomic E-state index is 4.97. The molecule has 1 saturated carbocycles.